The molecule has 3 rings (SSSR count). The molecule has 0 aliphatic carbocycles. The van der Waals surface area contributed by atoms with Gasteiger partial charge in [-0.1, -0.05) is 53.5 Å². The third-order valence-electron chi connectivity index (χ3n) is 4.56. The maximum Gasteiger partial charge on any atom is 0.264 e. The van der Waals surface area contributed by atoms with E-state index in [1.54, 1.807) is 36.4 Å². The fourth-order valence-electron chi connectivity index (χ4n) is 2.95. The van der Waals surface area contributed by atoms with Crippen LogP contribution in [-0.4, -0.2) is 41.1 Å². The molecular formula is C23H22Cl2N2O5S. The van der Waals surface area contributed by atoms with Crippen LogP contribution in [0.3, 0.4) is 0 Å². The van der Waals surface area contributed by atoms with Gasteiger partial charge >= 0.3 is 0 Å². The lowest BCUT2D eigenvalue weighted by Gasteiger charge is -2.24. The number of rotatable bonds is 10. The van der Waals surface area contributed by atoms with Crippen LogP contribution in [0.15, 0.2) is 77.7 Å². The van der Waals surface area contributed by atoms with E-state index in [0.29, 0.717) is 11.5 Å². The molecule has 0 saturated carbocycles. The molecule has 0 radical (unpaired) electrons. The Morgan fingerprint density at radius 2 is 1.61 bits per heavy atom. The number of halogens is 2. The van der Waals surface area contributed by atoms with Gasteiger partial charge in [0.1, 0.15) is 13.2 Å². The topological polar surface area (TPSA) is 84.9 Å². The first-order valence-corrected chi connectivity index (χ1v) is 12.1. The second kappa shape index (κ2) is 11.3. The molecule has 0 saturated heterocycles. The van der Waals surface area contributed by atoms with Crippen molar-refractivity contribution in [2.24, 2.45) is 0 Å². The zero-order valence-electron chi connectivity index (χ0n) is 17.7. The molecule has 0 aliphatic heterocycles. The lowest BCUT2D eigenvalue weighted by molar-refractivity contribution is -0.119. The standard InChI is InChI=1S/C23H22Cl2N2O5S/c1-31-21-9-5-6-10-22(21)32-14-13-26-23(28)16-27(17-11-12-19(24)20(25)15-17)33(29,30)18-7-3-2-4-8-18/h2-12,15H,13-14,16H2,1H3,(H,26,28). The number of methoxy groups -OCH3 is 1. The van der Waals surface area contributed by atoms with Crippen molar-refractivity contribution in [3.63, 3.8) is 0 Å². The van der Waals surface area contributed by atoms with E-state index < -0.39 is 22.5 Å². The van der Waals surface area contributed by atoms with Crippen molar-refractivity contribution in [3.05, 3.63) is 82.8 Å². The summed E-state index contributed by atoms with van der Waals surface area (Å²) in [6.45, 7) is -0.119. The number of hydrogen-bond acceptors (Lipinski definition) is 5. The van der Waals surface area contributed by atoms with Crippen molar-refractivity contribution in [1.29, 1.82) is 0 Å². The molecule has 1 amide bonds. The van der Waals surface area contributed by atoms with Crippen LogP contribution in [0.1, 0.15) is 0 Å². The average Bonchev–Trinajstić information content (AvgIpc) is 2.83. The van der Waals surface area contributed by atoms with Crippen molar-refractivity contribution >= 4 is 44.8 Å². The van der Waals surface area contributed by atoms with Crippen LogP contribution in [0.5, 0.6) is 11.5 Å². The maximum atomic E-state index is 13.3. The molecule has 3 aromatic rings. The molecule has 0 atom stereocenters. The van der Waals surface area contributed by atoms with Gasteiger partial charge in [-0.3, -0.25) is 9.10 Å². The first kappa shape index (κ1) is 24.7. The van der Waals surface area contributed by atoms with E-state index in [2.05, 4.69) is 5.32 Å². The molecular weight excluding hydrogens is 487 g/mol. The van der Waals surface area contributed by atoms with E-state index in [4.69, 9.17) is 32.7 Å². The Kier molecular flexibility index (Phi) is 8.43. The predicted molar refractivity (Wildman–Crippen MR) is 129 cm³/mol. The molecule has 0 spiro atoms. The van der Waals surface area contributed by atoms with Crippen LogP contribution in [0.2, 0.25) is 10.0 Å². The Balaban J connectivity index is 1.72. The Morgan fingerprint density at radius 3 is 2.27 bits per heavy atom. The summed E-state index contributed by atoms with van der Waals surface area (Å²) in [5, 5.41) is 3.12. The van der Waals surface area contributed by atoms with Gasteiger partial charge in [-0.25, -0.2) is 8.42 Å². The highest BCUT2D eigenvalue weighted by atomic mass is 35.5. The Morgan fingerprint density at radius 1 is 0.939 bits per heavy atom. The minimum absolute atomic E-state index is 0.0448. The summed E-state index contributed by atoms with van der Waals surface area (Å²) in [7, 11) is -2.50. The van der Waals surface area contributed by atoms with Gasteiger partial charge < -0.3 is 14.8 Å². The highest BCUT2D eigenvalue weighted by molar-refractivity contribution is 7.92. The summed E-state index contributed by atoms with van der Waals surface area (Å²) < 4.78 is 38.4. The predicted octanol–water partition coefficient (Wildman–Crippen LogP) is 4.39. The van der Waals surface area contributed by atoms with Crippen LogP contribution in [0, 0.1) is 0 Å². The number of nitrogens with zero attached hydrogens (tertiary/aromatic N) is 1. The van der Waals surface area contributed by atoms with Crippen molar-refractivity contribution in [3.8, 4) is 11.5 Å². The summed E-state index contributed by atoms with van der Waals surface area (Å²) in [4.78, 5) is 12.7. The molecule has 3 aromatic carbocycles. The second-order valence-corrected chi connectivity index (χ2v) is 9.45. The quantitative estimate of drug-likeness (QED) is 0.410. The Bertz CT molecular complexity index is 1210. The minimum Gasteiger partial charge on any atom is -0.493 e. The zero-order chi connectivity index (χ0) is 23.8. The lowest BCUT2D eigenvalue weighted by Crippen LogP contribution is -2.41. The summed E-state index contributed by atoms with van der Waals surface area (Å²) in [6.07, 6.45) is 0. The van der Waals surface area contributed by atoms with Crippen molar-refractivity contribution in [1.82, 2.24) is 5.32 Å². The molecule has 1 N–H and O–H groups in total. The van der Waals surface area contributed by atoms with Gasteiger partial charge in [0.25, 0.3) is 10.0 Å². The molecule has 33 heavy (non-hydrogen) atoms. The monoisotopic (exact) mass is 508 g/mol. The number of para-hydroxylation sites is 2. The average molecular weight is 509 g/mol. The first-order valence-electron chi connectivity index (χ1n) is 9.88. The molecule has 0 unspecified atom stereocenters. The number of ether oxygens (including phenoxy) is 2. The van der Waals surface area contributed by atoms with Gasteiger partial charge in [0, 0.05) is 0 Å². The molecule has 0 bridgehead atoms. The summed E-state index contributed by atoms with van der Waals surface area (Å²) in [5.74, 6) is 0.603. The Labute approximate surface area is 202 Å². The van der Waals surface area contributed by atoms with Crippen LogP contribution in [0.25, 0.3) is 0 Å². The SMILES string of the molecule is COc1ccccc1OCCNC(=O)CN(c1ccc(Cl)c(Cl)c1)S(=O)(=O)c1ccccc1. The fourth-order valence-corrected chi connectivity index (χ4v) is 4.68. The van der Waals surface area contributed by atoms with Crippen molar-refractivity contribution in [2.75, 3.05) is 31.1 Å². The molecule has 0 heterocycles. The number of benzene rings is 3. The summed E-state index contributed by atoms with van der Waals surface area (Å²) in [6, 6.07) is 19.3. The molecule has 0 aliphatic rings. The van der Waals surface area contributed by atoms with E-state index in [0.717, 1.165) is 4.31 Å². The molecule has 10 heteroatoms. The first-order chi connectivity index (χ1) is 15.8. The highest BCUT2D eigenvalue weighted by Gasteiger charge is 2.27. The van der Waals surface area contributed by atoms with E-state index in [9.17, 15) is 13.2 Å². The number of carbonyl (C=O) groups excluding carboxylic acids is 1. The van der Waals surface area contributed by atoms with Crippen LogP contribution >= 0.6 is 23.2 Å². The van der Waals surface area contributed by atoms with Gasteiger partial charge in [-0.2, -0.15) is 0 Å². The number of sulfonamides is 1. The number of carbonyl (C=O) groups is 1. The van der Waals surface area contributed by atoms with E-state index >= 15 is 0 Å². The lowest BCUT2D eigenvalue weighted by atomic mass is 10.3. The van der Waals surface area contributed by atoms with E-state index in [1.807, 2.05) is 6.07 Å². The van der Waals surface area contributed by atoms with Gasteiger partial charge in [-0.15, -0.1) is 0 Å². The third-order valence-corrected chi connectivity index (χ3v) is 7.09. The van der Waals surface area contributed by atoms with Crippen LogP contribution in [-0.2, 0) is 14.8 Å². The van der Waals surface area contributed by atoms with Gasteiger partial charge in [0.15, 0.2) is 11.5 Å². The molecule has 0 fully saturated rings. The fraction of sp³-hybridized carbons (Fsp3) is 0.174. The van der Waals surface area contributed by atoms with Gasteiger partial charge in [0.05, 0.1) is 34.3 Å². The van der Waals surface area contributed by atoms with E-state index in [1.165, 1.54) is 37.4 Å². The summed E-state index contributed by atoms with van der Waals surface area (Å²) >= 11 is 12.1. The number of anilines is 1. The number of hydrogen-bond donors (Lipinski definition) is 1. The molecule has 174 valence electrons. The third kappa shape index (κ3) is 6.31. The highest BCUT2D eigenvalue weighted by Crippen LogP contribution is 2.30. The second-order valence-electron chi connectivity index (χ2n) is 6.77. The van der Waals surface area contributed by atoms with Crippen LogP contribution in [0.4, 0.5) is 5.69 Å². The molecule has 0 aromatic heterocycles. The minimum atomic E-state index is -4.04. The normalized spacial score (nSPS) is 11.0. The zero-order valence-corrected chi connectivity index (χ0v) is 20.0. The van der Waals surface area contributed by atoms with Crippen LogP contribution < -0.4 is 19.1 Å². The van der Waals surface area contributed by atoms with E-state index in [-0.39, 0.29) is 33.8 Å². The molecule has 7 nitrogen and oxygen atoms in total. The number of nitrogens with one attached hydrogen (secondary N) is 1. The van der Waals surface area contributed by atoms with Crippen molar-refractivity contribution < 1.29 is 22.7 Å². The smallest absolute Gasteiger partial charge is 0.264 e. The van der Waals surface area contributed by atoms with Gasteiger partial charge in [0.2, 0.25) is 5.91 Å². The number of amides is 1. The maximum absolute atomic E-state index is 13.3. The largest absolute Gasteiger partial charge is 0.493 e. The summed E-state index contributed by atoms with van der Waals surface area (Å²) in [5.41, 5.74) is 0.216. The van der Waals surface area contributed by atoms with Crippen molar-refractivity contribution in [2.45, 2.75) is 4.90 Å². The Hall–Kier alpha value is -2.94. The van der Waals surface area contributed by atoms with Gasteiger partial charge in [-0.05, 0) is 42.5 Å².